The molecule has 1 amide bonds. The minimum atomic E-state index is -0.413. The quantitative estimate of drug-likeness (QED) is 0.688. The van der Waals surface area contributed by atoms with Crippen molar-refractivity contribution >= 4 is 22.5 Å². The van der Waals surface area contributed by atoms with Gasteiger partial charge < -0.3 is 9.80 Å². The van der Waals surface area contributed by atoms with Gasteiger partial charge in [0.15, 0.2) is 0 Å². The third-order valence-electron chi connectivity index (χ3n) is 5.04. The lowest BCUT2D eigenvalue weighted by atomic mass is 10.1. The fraction of sp³-hybridized carbons (Fsp3) is 0.227. The molecule has 140 valence electrons. The Morgan fingerprint density at radius 1 is 1.07 bits per heavy atom. The molecule has 1 aromatic heterocycles. The standard InChI is InChI=1S/C22H19FN4O/c23-18-6-3-5-16(13-18)22(28)27-10-4-9-26(11-12-27)21-17(14-24)15-25-20-8-2-1-7-19(20)21/h1-3,5-8,13,15H,4,9-12H2. The van der Waals surface area contributed by atoms with Crippen LogP contribution in [0.1, 0.15) is 22.3 Å². The number of hydrogen-bond acceptors (Lipinski definition) is 4. The second kappa shape index (κ2) is 7.65. The van der Waals surface area contributed by atoms with Gasteiger partial charge in [-0.15, -0.1) is 0 Å². The fourth-order valence-electron chi connectivity index (χ4n) is 3.70. The van der Waals surface area contributed by atoms with Crippen molar-refractivity contribution in [3.63, 3.8) is 0 Å². The van der Waals surface area contributed by atoms with Gasteiger partial charge in [-0.2, -0.15) is 5.26 Å². The number of halogens is 1. The van der Waals surface area contributed by atoms with Crippen molar-refractivity contribution in [2.24, 2.45) is 0 Å². The van der Waals surface area contributed by atoms with Crippen molar-refractivity contribution in [1.29, 1.82) is 5.26 Å². The molecule has 3 aromatic rings. The molecular formula is C22H19FN4O. The number of anilines is 1. The van der Waals surface area contributed by atoms with Crippen LogP contribution in [-0.2, 0) is 0 Å². The van der Waals surface area contributed by atoms with Crippen LogP contribution in [0.5, 0.6) is 0 Å². The molecule has 0 radical (unpaired) electrons. The fourth-order valence-corrected chi connectivity index (χ4v) is 3.70. The minimum Gasteiger partial charge on any atom is -0.368 e. The van der Waals surface area contributed by atoms with E-state index in [0.29, 0.717) is 30.8 Å². The molecule has 2 heterocycles. The van der Waals surface area contributed by atoms with Gasteiger partial charge >= 0.3 is 0 Å². The van der Waals surface area contributed by atoms with E-state index in [1.54, 1.807) is 23.2 Å². The molecule has 0 spiro atoms. The van der Waals surface area contributed by atoms with Crippen molar-refractivity contribution < 1.29 is 9.18 Å². The van der Waals surface area contributed by atoms with Gasteiger partial charge in [0.2, 0.25) is 0 Å². The van der Waals surface area contributed by atoms with Crippen molar-refractivity contribution in [3.05, 3.63) is 71.7 Å². The maximum Gasteiger partial charge on any atom is 0.254 e. The first kappa shape index (κ1) is 17.9. The number of para-hydroxylation sites is 1. The maximum absolute atomic E-state index is 13.5. The summed E-state index contributed by atoms with van der Waals surface area (Å²) < 4.78 is 13.5. The predicted octanol–water partition coefficient (Wildman–Crippen LogP) is 3.60. The normalized spacial score (nSPS) is 14.6. The van der Waals surface area contributed by atoms with Gasteiger partial charge in [-0.25, -0.2) is 4.39 Å². The van der Waals surface area contributed by atoms with Crippen LogP contribution < -0.4 is 4.90 Å². The molecule has 1 aliphatic rings. The summed E-state index contributed by atoms with van der Waals surface area (Å²) in [6, 6.07) is 15.8. The van der Waals surface area contributed by atoms with Crippen LogP contribution in [0.4, 0.5) is 10.1 Å². The third-order valence-corrected chi connectivity index (χ3v) is 5.04. The maximum atomic E-state index is 13.5. The molecule has 2 aromatic carbocycles. The average molecular weight is 374 g/mol. The van der Waals surface area contributed by atoms with Crippen molar-refractivity contribution in [3.8, 4) is 6.07 Å². The van der Waals surface area contributed by atoms with Gasteiger partial charge in [0, 0.05) is 43.3 Å². The topological polar surface area (TPSA) is 60.2 Å². The van der Waals surface area contributed by atoms with E-state index in [0.717, 1.165) is 29.6 Å². The monoisotopic (exact) mass is 374 g/mol. The van der Waals surface area contributed by atoms with Crippen molar-refractivity contribution in [2.75, 3.05) is 31.1 Å². The molecule has 0 bridgehead atoms. The number of nitriles is 1. The number of carbonyl (C=O) groups is 1. The summed E-state index contributed by atoms with van der Waals surface area (Å²) in [4.78, 5) is 21.0. The minimum absolute atomic E-state index is 0.165. The summed E-state index contributed by atoms with van der Waals surface area (Å²) in [7, 11) is 0. The summed E-state index contributed by atoms with van der Waals surface area (Å²) in [6.45, 7) is 2.44. The Bertz CT molecular complexity index is 1080. The first-order chi connectivity index (χ1) is 13.7. The van der Waals surface area contributed by atoms with Crippen LogP contribution in [0.15, 0.2) is 54.7 Å². The summed E-state index contributed by atoms with van der Waals surface area (Å²) in [5, 5.41) is 10.5. The lowest BCUT2D eigenvalue weighted by Crippen LogP contribution is -2.35. The van der Waals surface area contributed by atoms with E-state index in [2.05, 4.69) is 16.0 Å². The molecule has 28 heavy (non-hydrogen) atoms. The molecule has 0 unspecified atom stereocenters. The van der Waals surface area contributed by atoms with Crippen LogP contribution in [0, 0.1) is 17.1 Å². The summed E-state index contributed by atoms with van der Waals surface area (Å²) >= 11 is 0. The molecule has 4 rings (SSSR count). The van der Waals surface area contributed by atoms with Gasteiger partial charge in [-0.3, -0.25) is 9.78 Å². The van der Waals surface area contributed by atoms with Crippen LogP contribution in [-0.4, -0.2) is 42.0 Å². The van der Waals surface area contributed by atoms with Gasteiger partial charge in [0.25, 0.3) is 5.91 Å². The van der Waals surface area contributed by atoms with E-state index >= 15 is 0 Å². The SMILES string of the molecule is N#Cc1cnc2ccccc2c1N1CCCN(C(=O)c2cccc(F)c2)CC1. The van der Waals surface area contributed by atoms with E-state index in [1.807, 2.05) is 24.3 Å². The van der Waals surface area contributed by atoms with Crippen molar-refractivity contribution in [1.82, 2.24) is 9.88 Å². The Morgan fingerprint density at radius 2 is 1.93 bits per heavy atom. The number of aromatic nitrogens is 1. The van der Waals surface area contributed by atoms with Gasteiger partial charge in [0.1, 0.15) is 11.9 Å². The molecule has 0 saturated carbocycles. The summed E-state index contributed by atoms with van der Waals surface area (Å²) in [5.74, 6) is -0.578. The first-order valence-corrected chi connectivity index (χ1v) is 9.25. The Hall–Kier alpha value is -3.46. The van der Waals surface area contributed by atoms with Crippen LogP contribution >= 0.6 is 0 Å². The summed E-state index contributed by atoms with van der Waals surface area (Å²) in [5.41, 5.74) is 2.60. The van der Waals surface area contributed by atoms with Crippen molar-refractivity contribution in [2.45, 2.75) is 6.42 Å². The Balaban J connectivity index is 1.61. The number of pyridine rings is 1. The Labute approximate surface area is 162 Å². The molecule has 0 aliphatic carbocycles. The van der Waals surface area contributed by atoms with Gasteiger partial charge in [0.05, 0.1) is 16.8 Å². The highest BCUT2D eigenvalue weighted by atomic mass is 19.1. The number of benzene rings is 2. The number of fused-ring (bicyclic) bond motifs is 1. The highest BCUT2D eigenvalue weighted by molar-refractivity contribution is 5.95. The first-order valence-electron chi connectivity index (χ1n) is 9.25. The Morgan fingerprint density at radius 3 is 2.75 bits per heavy atom. The van der Waals surface area contributed by atoms with E-state index in [1.165, 1.54) is 12.1 Å². The lowest BCUT2D eigenvalue weighted by Gasteiger charge is -2.25. The van der Waals surface area contributed by atoms with Gasteiger partial charge in [-0.1, -0.05) is 24.3 Å². The zero-order chi connectivity index (χ0) is 19.5. The lowest BCUT2D eigenvalue weighted by molar-refractivity contribution is 0.0766. The second-order valence-corrected chi connectivity index (χ2v) is 6.79. The predicted molar refractivity (Wildman–Crippen MR) is 106 cm³/mol. The molecule has 1 fully saturated rings. The molecule has 5 nitrogen and oxygen atoms in total. The van der Waals surface area contributed by atoms with Crippen LogP contribution in [0.25, 0.3) is 10.9 Å². The van der Waals surface area contributed by atoms with Gasteiger partial charge in [-0.05, 0) is 30.7 Å². The Kier molecular flexibility index (Phi) is 4.90. The average Bonchev–Trinajstić information content (AvgIpc) is 2.98. The number of amides is 1. The molecule has 6 heteroatoms. The largest absolute Gasteiger partial charge is 0.368 e. The molecule has 1 saturated heterocycles. The van der Waals surface area contributed by atoms with Crippen LogP contribution in [0.3, 0.4) is 0 Å². The van der Waals surface area contributed by atoms with E-state index < -0.39 is 5.82 Å². The summed E-state index contributed by atoms with van der Waals surface area (Å²) in [6.07, 6.45) is 2.38. The molecule has 0 N–H and O–H groups in total. The zero-order valence-electron chi connectivity index (χ0n) is 15.3. The van der Waals surface area contributed by atoms with Crippen LogP contribution in [0.2, 0.25) is 0 Å². The number of hydrogen-bond donors (Lipinski definition) is 0. The molecule has 1 aliphatic heterocycles. The highest BCUT2D eigenvalue weighted by Crippen LogP contribution is 2.30. The molecular weight excluding hydrogens is 355 g/mol. The van der Waals surface area contributed by atoms with E-state index in [4.69, 9.17) is 0 Å². The number of carbonyl (C=O) groups excluding carboxylic acids is 1. The van der Waals surface area contributed by atoms with E-state index in [9.17, 15) is 14.4 Å². The zero-order valence-corrected chi connectivity index (χ0v) is 15.3. The molecule has 0 atom stereocenters. The van der Waals surface area contributed by atoms with E-state index in [-0.39, 0.29) is 5.91 Å². The third kappa shape index (κ3) is 3.39. The highest BCUT2D eigenvalue weighted by Gasteiger charge is 2.23. The second-order valence-electron chi connectivity index (χ2n) is 6.79. The number of nitrogens with zero attached hydrogens (tertiary/aromatic N) is 4. The smallest absolute Gasteiger partial charge is 0.254 e. The number of rotatable bonds is 2.